The minimum Gasteiger partial charge on any atom is -0.391 e. The van der Waals surface area contributed by atoms with Gasteiger partial charge in [0.15, 0.2) is 0 Å². The highest BCUT2D eigenvalue weighted by Crippen LogP contribution is 2.28. The van der Waals surface area contributed by atoms with E-state index in [0.717, 1.165) is 0 Å². The SMILES string of the molecule is CNC(C(C)=O)C(O)C1CCC(O)C(O)C1. The van der Waals surface area contributed by atoms with Gasteiger partial charge in [0.05, 0.1) is 24.4 Å². The van der Waals surface area contributed by atoms with Crippen LogP contribution in [0.2, 0.25) is 0 Å². The molecule has 1 fully saturated rings. The molecular weight excluding hydrogens is 210 g/mol. The lowest BCUT2D eigenvalue weighted by Gasteiger charge is -2.35. The number of carbonyl (C=O) groups excluding carboxylic acids is 1. The van der Waals surface area contributed by atoms with Crippen molar-refractivity contribution in [3.63, 3.8) is 0 Å². The summed E-state index contributed by atoms with van der Waals surface area (Å²) in [4.78, 5) is 11.3. The highest BCUT2D eigenvalue weighted by atomic mass is 16.3. The molecule has 0 radical (unpaired) electrons. The van der Waals surface area contributed by atoms with Crippen LogP contribution in [0.5, 0.6) is 0 Å². The van der Waals surface area contributed by atoms with Crippen LogP contribution in [0.15, 0.2) is 0 Å². The standard InChI is InChI=1S/C11H21NO4/c1-6(13)10(12-2)11(16)7-3-4-8(14)9(15)5-7/h7-12,14-16H,3-5H2,1-2H3. The van der Waals surface area contributed by atoms with Gasteiger partial charge in [-0.3, -0.25) is 4.79 Å². The molecule has 1 aliphatic rings. The summed E-state index contributed by atoms with van der Waals surface area (Å²) in [5, 5.41) is 31.7. The molecule has 5 nitrogen and oxygen atoms in total. The largest absolute Gasteiger partial charge is 0.391 e. The summed E-state index contributed by atoms with van der Waals surface area (Å²) >= 11 is 0. The molecule has 1 saturated carbocycles. The van der Waals surface area contributed by atoms with Gasteiger partial charge in [-0.05, 0) is 39.2 Å². The Kier molecular flexibility index (Phi) is 4.86. The second-order valence-corrected chi connectivity index (χ2v) is 4.58. The number of ketones is 1. The lowest BCUT2D eigenvalue weighted by Crippen LogP contribution is -2.49. The summed E-state index contributed by atoms with van der Waals surface area (Å²) in [7, 11) is 1.63. The molecule has 0 aliphatic heterocycles. The lowest BCUT2D eigenvalue weighted by atomic mass is 9.79. The third-order valence-electron chi connectivity index (χ3n) is 3.40. The van der Waals surface area contributed by atoms with Crippen LogP contribution < -0.4 is 5.32 Å². The normalized spacial score (nSPS) is 34.4. The smallest absolute Gasteiger partial charge is 0.149 e. The molecule has 0 spiro atoms. The zero-order chi connectivity index (χ0) is 12.3. The summed E-state index contributed by atoms with van der Waals surface area (Å²) in [6, 6.07) is -0.590. The molecule has 16 heavy (non-hydrogen) atoms. The van der Waals surface area contributed by atoms with E-state index in [0.29, 0.717) is 19.3 Å². The fourth-order valence-electron chi connectivity index (χ4n) is 2.36. The van der Waals surface area contributed by atoms with Gasteiger partial charge in [-0.25, -0.2) is 0 Å². The Hall–Kier alpha value is -0.490. The summed E-state index contributed by atoms with van der Waals surface area (Å²) in [6.07, 6.45) is -0.855. The van der Waals surface area contributed by atoms with E-state index in [-0.39, 0.29) is 11.7 Å². The number of Topliss-reactive ketones (excluding diaryl/α,β-unsaturated/α-hetero) is 1. The van der Waals surface area contributed by atoms with Crippen molar-refractivity contribution in [2.75, 3.05) is 7.05 Å². The highest BCUT2D eigenvalue weighted by Gasteiger charge is 2.36. The van der Waals surface area contributed by atoms with Crippen molar-refractivity contribution in [1.82, 2.24) is 5.32 Å². The highest BCUT2D eigenvalue weighted by molar-refractivity contribution is 5.82. The predicted octanol–water partition coefficient (Wildman–Crippen LogP) is -0.954. The van der Waals surface area contributed by atoms with Crippen LogP contribution in [-0.2, 0) is 4.79 Å². The van der Waals surface area contributed by atoms with Gasteiger partial charge < -0.3 is 20.6 Å². The molecule has 0 amide bonds. The molecule has 0 aromatic carbocycles. The number of carbonyl (C=O) groups is 1. The molecule has 94 valence electrons. The van der Waals surface area contributed by atoms with Crippen LogP contribution >= 0.6 is 0 Å². The summed E-state index contributed by atoms with van der Waals surface area (Å²) in [5.74, 6) is -0.254. The Balaban J connectivity index is 2.60. The van der Waals surface area contributed by atoms with Crippen LogP contribution in [0, 0.1) is 5.92 Å². The molecule has 1 aliphatic carbocycles. The van der Waals surface area contributed by atoms with Crippen molar-refractivity contribution in [2.24, 2.45) is 5.92 Å². The van der Waals surface area contributed by atoms with E-state index >= 15 is 0 Å². The molecular formula is C11H21NO4. The second-order valence-electron chi connectivity index (χ2n) is 4.58. The van der Waals surface area contributed by atoms with Crippen LogP contribution in [0.25, 0.3) is 0 Å². The topological polar surface area (TPSA) is 89.8 Å². The molecule has 4 N–H and O–H groups in total. The quantitative estimate of drug-likeness (QED) is 0.501. The number of likely N-dealkylation sites (N-methyl/N-ethyl adjacent to an activating group) is 1. The minimum atomic E-state index is -0.801. The Morgan fingerprint density at radius 1 is 1.31 bits per heavy atom. The molecule has 5 heteroatoms. The van der Waals surface area contributed by atoms with Gasteiger partial charge in [-0.15, -0.1) is 0 Å². The fraction of sp³-hybridized carbons (Fsp3) is 0.909. The van der Waals surface area contributed by atoms with E-state index in [2.05, 4.69) is 5.32 Å². The van der Waals surface area contributed by atoms with E-state index in [1.165, 1.54) is 6.92 Å². The Morgan fingerprint density at radius 3 is 2.38 bits per heavy atom. The Morgan fingerprint density at radius 2 is 1.94 bits per heavy atom. The summed E-state index contributed by atoms with van der Waals surface area (Å²) in [6.45, 7) is 1.43. The molecule has 5 unspecified atom stereocenters. The van der Waals surface area contributed by atoms with Crippen molar-refractivity contribution >= 4 is 5.78 Å². The third-order valence-corrected chi connectivity index (χ3v) is 3.40. The van der Waals surface area contributed by atoms with E-state index in [9.17, 15) is 20.1 Å². The zero-order valence-corrected chi connectivity index (χ0v) is 9.76. The molecule has 1 rings (SSSR count). The first-order valence-corrected chi connectivity index (χ1v) is 5.69. The molecule has 0 heterocycles. The van der Waals surface area contributed by atoms with Crippen LogP contribution in [0.3, 0.4) is 0 Å². The van der Waals surface area contributed by atoms with Gasteiger partial charge in [-0.1, -0.05) is 0 Å². The first kappa shape index (κ1) is 13.6. The van der Waals surface area contributed by atoms with E-state index in [1.807, 2.05) is 0 Å². The maximum absolute atomic E-state index is 11.3. The van der Waals surface area contributed by atoms with Crippen molar-refractivity contribution < 1.29 is 20.1 Å². The average Bonchev–Trinajstić information content (AvgIpc) is 2.22. The van der Waals surface area contributed by atoms with Crippen LogP contribution in [-0.4, -0.2) is 52.5 Å². The molecule has 0 aromatic rings. The van der Waals surface area contributed by atoms with Gasteiger partial charge in [-0.2, -0.15) is 0 Å². The summed E-state index contributed by atoms with van der Waals surface area (Å²) in [5.41, 5.74) is 0. The number of aliphatic hydroxyl groups is 3. The van der Waals surface area contributed by atoms with Crippen LogP contribution in [0.1, 0.15) is 26.2 Å². The minimum absolute atomic E-state index is 0.115. The van der Waals surface area contributed by atoms with Crippen molar-refractivity contribution in [1.29, 1.82) is 0 Å². The van der Waals surface area contributed by atoms with Crippen molar-refractivity contribution in [3.05, 3.63) is 0 Å². The van der Waals surface area contributed by atoms with Gasteiger partial charge in [0, 0.05) is 0 Å². The maximum Gasteiger partial charge on any atom is 0.149 e. The van der Waals surface area contributed by atoms with E-state index in [1.54, 1.807) is 7.05 Å². The number of rotatable bonds is 4. The predicted molar refractivity (Wildman–Crippen MR) is 58.9 cm³/mol. The van der Waals surface area contributed by atoms with Gasteiger partial charge in [0.1, 0.15) is 5.78 Å². The molecule has 0 bridgehead atoms. The zero-order valence-electron chi connectivity index (χ0n) is 9.76. The first-order valence-electron chi connectivity index (χ1n) is 5.69. The fourth-order valence-corrected chi connectivity index (χ4v) is 2.36. The van der Waals surface area contributed by atoms with E-state index in [4.69, 9.17) is 0 Å². The van der Waals surface area contributed by atoms with Crippen molar-refractivity contribution in [3.8, 4) is 0 Å². The monoisotopic (exact) mass is 231 g/mol. The van der Waals surface area contributed by atoms with Crippen LogP contribution in [0.4, 0.5) is 0 Å². The number of hydrogen-bond acceptors (Lipinski definition) is 5. The number of hydrogen-bond donors (Lipinski definition) is 4. The van der Waals surface area contributed by atoms with Gasteiger partial charge >= 0.3 is 0 Å². The first-order chi connectivity index (χ1) is 7.47. The second kappa shape index (κ2) is 5.72. The van der Waals surface area contributed by atoms with Gasteiger partial charge in [0.2, 0.25) is 0 Å². The Labute approximate surface area is 95.5 Å². The molecule has 0 saturated heterocycles. The summed E-state index contributed by atoms with van der Waals surface area (Å²) < 4.78 is 0. The molecule has 5 atom stereocenters. The number of nitrogens with one attached hydrogen (secondary N) is 1. The van der Waals surface area contributed by atoms with Gasteiger partial charge in [0.25, 0.3) is 0 Å². The number of aliphatic hydroxyl groups excluding tert-OH is 3. The third kappa shape index (κ3) is 3.01. The van der Waals surface area contributed by atoms with Crippen molar-refractivity contribution in [2.45, 2.75) is 50.5 Å². The maximum atomic E-state index is 11.3. The van der Waals surface area contributed by atoms with E-state index < -0.39 is 24.4 Å². The average molecular weight is 231 g/mol. The lowest BCUT2D eigenvalue weighted by molar-refractivity contribution is -0.124. The molecule has 0 aromatic heterocycles. The Bertz CT molecular complexity index is 246.